The molecule has 2 saturated heterocycles. The van der Waals surface area contributed by atoms with Gasteiger partial charge in [0.05, 0.1) is 12.6 Å². The number of piperidine rings is 2. The quantitative estimate of drug-likeness (QED) is 0.759. The minimum absolute atomic E-state index is 0.124. The molecule has 1 atom stereocenters. The third-order valence-corrected chi connectivity index (χ3v) is 6.06. The van der Waals surface area contributed by atoms with Crippen molar-refractivity contribution >= 4 is 5.91 Å². The van der Waals surface area contributed by atoms with E-state index in [2.05, 4.69) is 27.2 Å². The molecule has 0 bridgehead atoms. The lowest BCUT2D eigenvalue weighted by atomic mass is 9.93. The molecule has 1 unspecified atom stereocenters. The molecule has 3 rings (SSSR count). The lowest BCUT2D eigenvalue weighted by Gasteiger charge is -2.42. The molecule has 1 N–H and O–H groups in total. The summed E-state index contributed by atoms with van der Waals surface area (Å²) in [5, 5.41) is 3.15. The zero-order chi connectivity index (χ0) is 18.9. The molecule has 5 heteroatoms. The molecule has 2 aliphatic heterocycles. The van der Waals surface area contributed by atoms with Crippen LogP contribution in [0.3, 0.4) is 0 Å². The van der Waals surface area contributed by atoms with E-state index in [4.69, 9.17) is 0 Å². The molecule has 4 nitrogen and oxygen atoms in total. The molecule has 1 aromatic carbocycles. The molecule has 2 fully saturated rings. The zero-order valence-electron chi connectivity index (χ0n) is 16.4. The summed E-state index contributed by atoms with van der Waals surface area (Å²) >= 11 is 0. The number of amides is 1. The van der Waals surface area contributed by atoms with Gasteiger partial charge in [0.1, 0.15) is 0 Å². The standard InChI is InChI=1S/C22H34FN3O/c23-12-5-14-25-16-10-21(11-17-25)26-15-4-8-20(18-26)22(27)24-13-9-19-6-2-1-3-7-19/h1-3,6-7,20-21H,4-5,8-18H2,(H,24,27). The highest BCUT2D eigenvalue weighted by atomic mass is 19.1. The summed E-state index contributed by atoms with van der Waals surface area (Å²) in [5.74, 6) is 0.343. The number of alkyl halides is 1. The monoisotopic (exact) mass is 375 g/mol. The van der Waals surface area contributed by atoms with E-state index in [0.29, 0.717) is 19.0 Å². The number of rotatable bonds is 8. The van der Waals surface area contributed by atoms with Gasteiger partial charge in [0.15, 0.2) is 0 Å². The summed E-state index contributed by atoms with van der Waals surface area (Å²) in [7, 11) is 0. The van der Waals surface area contributed by atoms with Crippen LogP contribution in [0.15, 0.2) is 30.3 Å². The Morgan fingerprint density at radius 3 is 2.63 bits per heavy atom. The first-order valence-corrected chi connectivity index (χ1v) is 10.6. The van der Waals surface area contributed by atoms with Crippen molar-refractivity contribution in [1.82, 2.24) is 15.1 Å². The third kappa shape index (κ3) is 6.28. The van der Waals surface area contributed by atoms with Crippen molar-refractivity contribution in [2.75, 3.05) is 45.9 Å². The molecule has 2 aliphatic rings. The average molecular weight is 376 g/mol. The summed E-state index contributed by atoms with van der Waals surface area (Å²) in [5.41, 5.74) is 1.27. The van der Waals surface area contributed by atoms with Crippen LogP contribution in [0.5, 0.6) is 0 Å². The number of hydrogen-bond donors (Lipinski definition) is 1. The van der Waals surface area contributed by atoms with Crippen LogP contribution < -0.4 is 5.32 Å². The molecular formula is C22H34FN3O. The summed E-state index contributed by atoms with van der Waals surface area (Å²) in [6.45, 7) is 5.52. The fraction of sp³-hybridized carbons (Fsp3) is 0.682. The molecule has 0 aliphatic carbocycles. The van der Waals surface area contributed by atoms with Gasteiger partial charge in [-0.25, -0.2) is 0 Å². The molecular weight excluding hydrogens is 341 g/mol. The average Bonchev–Trinajstić information content (AvgIpc) is 2.73. The first kappa shape index (κ1) is 20.3. The van der Waals surface area contributed by atoms with Gasteiger partial charge in [0.25, 0.3) is 0 Å². The number of nitrogens with zero attached hydrogens (tertiary/aromatic N) is 2. The summed E-state index contributed by atoms with van der Waals surface area (Å²) in [6.07, 6.45) is 5.95. The molecule has 0 saturated carbocycles. The van der Waals surface area contributed by atoms with Gasteiger partial charge in [0, 0.05) is 25.7 Å². The minimum Gasteiger partial charge on any atom is -0.355 e. The maximum absolute atomic E-state index is 12.6. The fourth-order valence-electron chi connectivity index (χ4n) is 4.46. The van der Waals surface area contributed by atoms with E-state index in [1.165, 1.54) is 5.56 Å². The molecule has 1 aromatic rings. The summed E-state index contributed by atoms with van der Waals surface area (Å²) in [4.78, 5) is 17.5. The largest absolute Gasteiger partial charge is 0.355 e. The van der Waals surface area contributed by atoms with Gasteiger partial charge >= 0.3 is 0 Å². The number of likely N-dealkylation sites (tertiary alicyclic amines) is 2. The van der Waals surface area contributed by atoms with Gasteiger partial charge in [-0.15, -0.1) is 0 Å². The Kier molecular flexibility index (Phi) is 8.09. The fourth-order valence-corrected chi connectivity index (χ4v) is 4.46. The smallest absolute Gasteiger partial charge is 0.224 e. The maximum Gasteiger partial charge on any atom is 0.224 e. The number of carbonyl (C=O) groups excluding carboxylic acids is 1. The molecule has 27 heavy (non-hydrogen) atoms. The molecule has 0 radical (unpaired) electrons. The summed E-state index contributed by atoms with van der Waals surface area (Å²) in [6, 6.07) is 10.9. The third-order valence-electron chi connectivity index (χ3n) is 6.06. The highest BCUT2D eigenvalue weighted by Gasteiger charge is 2.31. The number of hydrogen-bond acceptors (Lipinski definition) is 3. The van der Waals surface area contributed by atoms with Crippen molar-refractivity contribution in [1.29, 1.82) is 0 Å². The van der Waals surface area contributed by atoms with Crippen LogP contribution in [0.25, 0.3) is 0 Å². The predicted molar refractivity (Wildman–Crippen MR) is 108 cm³/mol. The van der Waals surface area contributed by atoms with E-state index in [0.717, 1.165) is 64.8 Å². The van der Waals surface area contributed by atoms with E-state index in [1.807, 2.05) is 18.2 Å². The van der Waals surface area contributed by atoms with Crippen molar-refractivity contribution in [2.45, 2.75) is 44.6 Å². The Bertz CT molecular complexity index is 560. The Morgan fingerprint density at radius 1 is 1.11 bits per heavy atom. The van der Waals surface area contributed by atoms with E-state index >= 15 is 0 Å². The molecule has 1 amide bonds. The Morgan fingerprint density at radius 2 is 1.89 bits per heavy atom. The normalized spacial score (nSPS) is 22.6. The van der Waals surface area contributed by atoms with Crippen LogP contribution in [0.2, 0.25) is 0 Å². The van der Waals surface area contributed by atoms with Crippen LogP contribution >= 0.6 is 0 Å². The van der Waals surface area contributed by atoms with Crippen LogP contribution in [-0.2, 0) is 11.2 Å². The van der Waals surface area contributed by atoms with Gasteiger partial charge in [-0.2, -0.15) is 0 Å². The van der Waals surface area contributed by atoms with Crippen LogP contribution in [-0.4, -0.2) is 67.7 Å². The van der Waals surface area contributed by atoms with Crippen molar-refractivity contribution in [3.05, 3.63) is 35.9 Å². The first-order chi connectivity index (χ1) is 13.3. The van der Waals surface area contributed by atoms with Crippen molar-refractivity contribution < 1.29 is 9.18 Å². The van der Waals surface area contributed by atoms with Gasteiger partial charge in [-0.3, -0.25) is 14.1 Å². The maximum atomic E-state index is 12.6. The van der Waals surface area contributed by atoms with Gasteiger partial charge in [0.2, 0.25) is 5.91 Å². The topological polar surface area (TPSA) is 35.6 Å². The second-order valence-corrected chi connectivity index (χ2v) is 7.98. The van der Waals surface area contributed by atoms with E-state index in [1.54, 1.807) is 0 Å². The Hall–Kier alpha value is -1.46. The molecule has 150 valence electrons. The number of benzene rings is 1. The number of carbonyl (C=O) groups is 1. The second-order valence-electron chi connectivity index (χ2n) is 7.98. The van der Waals surface area contributed by atoms with Crippen molar-refractivity contribution in [3.8, 4) is 0 Å². The minimum atomic E-state index is -0.215. The van der Waals surface area contributed by atoms with Crippen LogP contribution in [0.4, 0.5) is 4.39 Å². The van der Waals surface area contributed by atoms with Crippen molar-refractivity contribution in [3.63, 3.8) is 0 Å². The molecule has 0 spiro atoms. The second kappa shape index (κ2) is 10.8. The Labute approximate surface area is 163 Å². The van der Waals surface area contributed by atoms with Crippen molar-refractivity contribution in [2.24, 2.45) is 5.92 Å². The SMILES string of the molecule is O=C(NCCc1ccccc1)C1CCCN(C2CCN(CCCF)CC2)C1. The van der Waals surface area contributed by atoms with E-state index < -0.39 is 0 Å². The zero-order valence-corrected chi connectivity index (χ0v) is 16.4. The predicted octanol–water partition coefficient (Wildman–Crippen LogP) is 2.88. The van der Waals surface area contributed by atoms with E-state index in [9.17, 15) is 9.18 Å². The highest BCUT2D eigenvalue weighted by molar-refractivity contribution is 5.79. The first-order valence-electron chi connectivity index (χ1n) is 10.6. The lowest BCUT2D eigenvalue weighted by molar-refractivity contribution is -0.127. The number of nitrogens with one attached hydrogen (secondary N) is 1. The van der Waals surface area contributed by atoms with Gasteiger partial charge < -0.3 is 10.2 Å². The van der Waals surface area contributed by atoms with Crippen LogP contribution in [0.1, 0.15) is 37.7 Å². The lowest BCUT2D eigenvalue weighted by Crippen LogP contribution is -2.51. The van der Waals surface area contributed by atoms with Gasteiger partial charge in [-0.1, -0.05) is 30.3 Å². The summed E-state index contributed by atoms with van der Waals surface area (Å²) < 4.78 is 12.3. The number of halogens is 1. The van der Waals surface area contributed by atoms with Gasteiger partial charge in [-0.05, 0) is 63.7 Å². The molecule has 0 aromatic heterocycles. The molecule has 2 heterocycles. The van der Waals surface area contributed by atoms with E-state index in [-0.39, 0.29) is 18.5 Å². The highest BCUT2D eigenvalue weighted by Crippen LogP contribution is 2.24. The Balaban J connectivity index is 1.39. The van der Waals surface area contributed by atoms with Crippen LogP contribution in [0, 0.1) is 5.92 Å².